The van der Waals surface area contributed by atoms with Crippen LogP contribution in [0.3, 0.4) is 0 Å². The Kier molecular flexibility index (Phi) is 19.1. The van der Waals surface area contributed by atoms with Gasteiger partial charge in [0.25, 0.3) is 0 Å². The fourth-order valence-electron chi connectivity index (χ4n) is 11.4. The quantitative estimate of drug-likeness (QED) is 0.0666. The average molecular weight is 1120 g/mol. The maximum absolute atomic E-state index is 16.2. The lowest BCUT2D eigenvalue weighted by Gasteiger charge is -2.48. The number of likely N-dealkylation sites (N-methyl/N-ethyl adjacent to an activating group) is 1. The molecular weight excluding hydrogens is 1040 g/mol. The summed E-state index contributed by atoms with van der Waals surface area (Å²) in [6.07, 6.45) is 1.08. The summed E-state index contributed by atoms with van der Waals surface area (Å²) in [7, 11) is 3.17. The Balaban J connectivity index is 1.35. The smallest absolute Gasteiger partial charge is 0.430 e. The summed E-state index contributed by atoms with van der Waals surface area (Å²) in [5.41, 5.74) is 1.99. The maximum Gasteiger partial charge on any atom is 0.430 e. The van der Waals surface area contributed by atoms with E-state index in [4.69, 9.17) is 34.2 Å². The van der Waals surface area contributed by atoms with Crippen molar-refractivity contribution in [2.45, 2.75) is 154 Å². The number of halogens is 2. The van der Waals surface area contributed by atoms with Crippen LogP contribution in [0.4, 0.5) is 29.9 Å². The van der Waals surface area contributed by atoms with Crippen LogP contribution in [0, 0.1) is 35.3 Å². The van der Waals surface area contributed by atoms with Crippen LogP contribution in [0.5, 0.6) is 0 Å². The molecule has 24 heteroatoms. The molecule has 3 aliphatic rings. The molecule has 3 N–H and O–H groups in total. The van der Waals surface area contributed by atoms with E-state index in [-0.39, 0.29) is 29.8 Å². The first-order chi connectivity index (χ1) is 38.0. The molecule has 3 amide bonds. The molecule has 80 heavy (non-hydrogen) atoms. The van der Waals surface area contributed by atoms with Crippen molar-refractivity contribution in [3.8, 4) is 0 Å². The predicted molar refractivity (Wildman–Crippen MR) is 287 cm³/mol. The van der Waals surface area contributed by atoms with Crippen LogP contribution < -0.4 is 10.6 Å². The van der Waals surface area contributed by atoms with Crippen molar-refractivity contribution >= 4 is 52.5 Å². The summed E-state index contributed by atoms with van der Waals surface area (Å²) in [4.78, 5) is 94.4. The number of urea groups is 1. The number of aromatic nitrogens is 5. The van der Waals surface area contributed by atoms with E-state index in [0.717, 1.165) is 35.7 Å². The Morgan fingerprint density at radius 3 is 2.34 bits per heavy atom. The van der Waals surface area contributed by atoms with Gasteiger partial charge in [0.05, 0.1) is 42.5 Å². The van der Waals surface area contributed by atoms with Gasteiger partial charge in [-0.15, -0.1) is 0 Å². The van der Waals surface area contributed by atoms with Gasteiger partial charge in [-0.05, 0) is 96.8 Å². The number of benzene rings is 1. The van der Waals surface area contributed by atoms with E-state index in [1.165, 1.54) is 47.3 Å². The van der Waals surface area contributed by atoms with E-state index in [1.807, 2.05) is 6.92 Å². The number of methoxy groups -OCH3 is 1. The third-order valence-corrected chi connectivity index (χ3v) is 15.9. The minimum Gasteiger partial charge on any atom is -0.461 e. The van der Waals surface area contributed by atoms with E-state index in [0.29, 0.717) is 47.8 Å². The number of aryl methyl sites for hydroxylation is 1. The monoisotopic (exact) mass is 1120 g/mol. The Hall–Kier alpha value is -6.99. The first-order valence-corrected chi connectivity index (χ1v) is 26.8. The molecule has 14 atom stereocenters. The molecule has 3 saturated heterocycles. The van der Waals surface area contributed by atoms with Crippen molar-refractivity contribution in [2.24, 2.45) is 29.4 Å². The van der Waals surface area contributed by atoms with Gasteiger partial charge in [-0.2, -0.15) is 0 Å². The van der Waals surface area contributed by atoms with Crippen LogP contribution in [0.15, 0.2) is 80.9 Å². The maximum atomic E-state index is 16.2. The molecule has 3 aromatic heterocycles. The van der Waals surface area contributed by atoms with Crippen molar-refractivity contribution in [1.29, 1.82) is 0 Å². The van der Waals surface area contributed by atoms with Crippen molar-refractivity contribution in [3.05, 3.63) is 98.1 Å². The number of esters is 2. The minimum atomic E-state index is -2.00. The molecule has 6 heterocycles. The minimum absolute atomic E-state index is 0.0408. The van der Waals surface area contributed by atoms with E-state index in [1.54, 1.807) is 61.8 Å². The van der Waals surface area contributed by atoms with Gasteiger partial charge in [-0.3, -0.25) is 19.4 Å². The summed E-state index contributed by atoms with van der Waals surface area (Å²) in [6, 6.07) is 2.90. The molecule has 4 aromatic rings. The van der Waals surface area contributed by atoms with Gasteiger partial charge in [0.2, 0.25) is 0 Å². The lowest BCUT2D eigenvalue weighted by atomic mass is 9.73. The van der Waals surface area contributed by atoms with Gasteiger partial charge >= 0.3 is 24.1 Å². The lowest BCUT2D eigenvalue weighted by Crippen LogP contribution is -2.62. The van der Waals surface area contributed by atoms with Gasteiger partial charge in [0.15, 0.2) is 28.9 Å². The third kappa shape index (κ3) is 12.0. The molecule has 434 valence electrons. The number of nitrogens with zero attached hydrogens (tertiary/aromatic N) is 9. The van der Waals surface area contributed by atoms with Crippen LogP contribution in [0.1, 0.15) is 86.6 Å². The standard InChI is InChI=1S/C56H74F2N10O12/c1-13-64(11)40-25-32(4)76-52(45(40)71)79-48-34(6)46(78-41(69)26-37-19-18-23-60-28-37)35(7)51(72)77-36(8)56(10)47(33(5)44(70)31(3)27-55(48,9)75-12)68(54(74)80-56)66(14-2)53(73)67(43-38(57)20-17-21-39(43)58)50-42-49(61-29-62-50)65(30-63-42)24-16-15-22-59/h13-14,17-21,23,28-36,40,45-48,52,71H,1-2,15-16,22,24-27,59H2,3-12H3/t31-,32-,33+,34+,35-,36-,40+,45-,46+,47-,48-,52?,55-,56-/m1/s1. The van der Waals surface area contributed by atoms with E-state index in [2.05, 4.69) is 33.1 Å². The van der Waals surface area contributed by atoms with Gasteiger partial charge in [0.1, 0.15) is 53.8 Å². The van der Waals surface area contributed by atoms with Crippen molar-refractivity contribution in [1.82, 2.24) is 39.4 Å². The number of hydrazine groups is 1. The first kappa shape index (κ1) is 60.6. The number of hydrogen-bond acceptors (Lipinski definition) is 18. The second kappa shape index (κ2) is 25.2. The largest absolute Gasteiger partial charge is 0.461 e. The van der Waals surface area contributed by atoms with Gasteiger partial charge in [0, 0.05) is 57.0 Å². The highest BCUT2D eigenvalue weighted by molar-refractivity contribution is 6.05. The van der Waals surface area contributed by atoms with E-state index in [9.17, 15) is 19.5 Å². The third-order valence-electron chi connectivity index (χ3n) is 15.9. The number of hydrogen-bond donors (Lipinski definition) is 2. The molecule has 7 rings (SSSR count). The zero-order chi connectivity index (χ0) is 58.5. The summed E-state index contributed by atoms with van der Waals surface area (Å²) >= 11 is 0. The molecule has 0 aliphatic carbocycles. The van der Waals surface area contributed by atoms with E-state index >= 15 is 18.4 Å². The SMILES string of the molecule is C=CN(C)[C@H]1C[C@@H](C)OC(O[C@@H]2[C@@H](C)[C@H](OC(=O)Cc3cccnc3)[C@@H](C)C(=O)O[C@H](C)[C@@]3(C)OC(=O)N(N(C=C)C(=O)N(c4c(F)cccc4F)c4ncnc5c4ncn5CCCCN)[C@@H]3[C@@H](C)C(=O)[C@H](C)C[C@@]2(C)OC)[C@@H]1O. The number of imidazole rings is 1. The molecule has 1 unspecified atom stereocenters. The molecule has 22 nitrogen and oxygen atoms in total. The second-order valence-corrected chi connectivity index (χ2v) is 21.4. The Morgan fingerprint density at radius 2 is 1.70 bits per heavy atom. The Morgan fingerprint density at radius 1 is 0.988 bits per heavy atom. The highest BCUT2D eigenvalue weighted by Gasteiger charge is 2.62. The summed E-state index contributed by atoms with van der Waals surface area (Å²) in [5, 5.41) is 13.4. The van der Waals surface area contributed by atoms with Crippen molar-refractivity contribution in [2.75, 3.05) is 25.6 Å². The molecule has 0 bridgehead atoms. The topological polar surface area (TPSA) is 256 Å². The number of carbonyl (C=O) groups is 5. The Bertz CT molecular complexity index is 2880. The molecule has 0 saturated carbocycles. The fraction of sp³-hybridized carbons (Fsp3) is 0.554. The van der Waals surface area contributed by atoms with E-state index < -0.39 is 131 Å². The zero-order valence-electron chi connectivity index (χ0n) is 46.9. The number of carbonyl (C=O) groups excluding carboxylic acids is 5. The highest BCUT2D eigenvalue weighted by atomic mass is 19.1. The molecule has 0 spiro atoms. The van der Waals surface area contributed by atoms with Crippen molar-refractivity contribution in [3.63, 3.8) is 0 Å². The van der Waals surface area contributed by atoms with Gasteiger partial charge in [-0.1, -0.05) is 46.1 Å². The second-order valence-electron chi connectivity index (χ2n) is 21.4. The number of amides is 3. The number of pyridine rings is 1. The van der Waals surface area contributed by atoms with Gasteiger partial charge in [-0.25, -0.2) is 48.2 Å². The number of aliphatic hydroxyl groups is 1. The number of nitrogens with two attached hydrogens (primary N) is 1. The molecule has 3 aliphatic heterocycles. The summed E-state index contributed by atoms with van der Waals surface area (Å²) in [6.45, 7) is 21.2. The molecule has 1 aromatic carbocycles. The number of aliphatic hydroxyl groups excluding tert-OH is 1. The molecular formula is C56H74F2N10O12. The number of fused-ring (bicyclic) bond motifs is 2. The summed E-state index contributed by atoms with van der Waals surface area (Å²) in [5.74, 6) is -9.58. The predicted octanol–water partition coefficient (Wildman–Crippen LogP) is 6.77. The number of ketones is 1. The average Bonchev–Trinajstić information content (AvgIpc) is 4.21. The van der Waals surface area contributed by atoms with Crippen LogP contribution in [0.2, 0.25) is 0 Å². The number of para-hydroxylation sites is 1. The number of rotatable bonds is 16. The number of ether oxygens (including phenoxy) is 6. The van der Waals surface area contributed by atoms with Crippen LogP contribution in [0.25, 0.3) is 11.2 Å². The number of Topliss-reactive ketones (excluding diaryl/α,β-unsaturated/α-hetero) is 1. The van der Waals surface area contributed by atoms with Crippen LogP contribution >= 0.6 is 0 Å². The fourth-order valence-corrected chi connectivity index (χ4v) is 11.4. The van der Waals surface area contributed by atoms with Gasteiger partial charge < -0.3 is 48.7 Å². The molecule has 0 radical (unpaired) electrons. The Labute approximate surface area is 464 Å². The molecule has 3 fully saturated rings. The summed E-state index contributed by atoms with van der Waals surface area (Å²) < 4.78 is 72.4. The number of anilines is 2. The number of unbranched alkanes of at least 4 members (excludes halogenated alkanes) is 1. The normalized spacial score (nSPS) is 30.4. The van der Waals surface area contributed by atoms with Crippen molar-refractivity contribution < 1.29 is 66.3 Å². The zero-order valence-corrected chi connectivity index (χ0v) is 46.9. The van der Waals surface area contributed by atoms with Crippen LogP contribution in [-0.4, -0.2) is 155 Å². The highest BCUT2D eigenvalue weighted by Crippen LogP contribution is 2.45. The van der Waals surface area contributed by atoms with Crippen LogP contribution in [-0.2, 0) is 55.8 Å². The number of cyclic esters (lactones) is 1. The lowest BCUT2D eigenvalue weighted by molar-refractivity contribution is -0.301. The first-order valence-electron chi connectivity index (χ1n) is 26.8.